The molecular formula is C17H23NO3. The lowest BCUT2D eigenvalue weighted by Crippen LogP contribution is -2.43. The van der Waals surface area contributed by atoms with E-state index in [9.17, 15) is 4.79 Å². The lowest BCUT2D eigenvalue weighted by molar-refractivity contribution is -0.138. The van der Waals surface area contributed by atoms with E-state index >= 15 is 0 Å². The van der Waals surface area contributed by atoms with E-state index in [0.717, 1.165) is 44.4 Å². The molecule has 4 heteroatoms. The van der Waals surface area contributed by atoms with Crippen LogP contribution in [0.1, 0.15) is 36.8 Å². The fourth-order valence-corrected chi connectivity index (χ4v) is 3.88. The number of carboxylic acid groups (broad SMARTS) is 1. The molecule has 0 amide bonds. The number of carboxylic acids is 1. The summed E-state index contributed by atoms with van der Waals surface area (Å²) >= 11 is 0. The number of aryl methyl sites for hydroxylation is 1. The summed E-state index contributed by atoms with van der Waals surface area (Å²) in [6.07, 6.45) is 5.66. The summed E-state index contributed by atoms with van der Waals surface area (Å²) in [6.45, 7) is 1.04. The second-order valence-corrected chi connectivity index (χ2v) is 6.16. The number of likely N-dealkylation sites (tertiary alicyclic amines) is 1. The van der Waals surface area contributed by atoms with E-state index in [1.807, 2.05) is 6.07 Å². The topological polar surface area (TPSA) is 49.8 Å². The number of ether oxygens (including phenoxy) is 1. The molecule has 1 aliphatic carbocycles. The Morgan fingerprint density at radius 1 is 1.38 bits per heavy atom. The molecule has 2 atom stereocenters. The first-order valence-electron chi connectivity index (χ1n) is 7.80. The first kappa shape index (κ1) is 14.4. The maximum Gasteiger partial charge on any atom is 0.304 e. The predicted octanol–water partition coefficient (Wildman–Crippen LogP) is 2.49. The second kappa shape index (κ2) is 6.06. The third-order valence-electron chi connectivity index (χ3n) is 4.92. The van der Waals surface area contributed by atoms with Crippen LogP contribution in [0.5, 0.6) is 5.75 Å². The van der Waals surface area contributed by atoms with Crippen LogP contribution in [0.2, 0.25) is 0 Å². The van der Waals surface area contributed by atoms with Crippen molar-refractivity contribution in [1.29, 1.82) is 0 Å². The van der Waals surface area contributed by atoms with Crippen molar-refractivity contribution in [2.24, 2.45) is 0 Å². The Bertz CT molecular complexity index is 529. The van der Waals surface area contributed by atoms with Crippen LogP contribution in [-0.2, 0) is 17.6 Å². The molecule has 3 rings (SSSR count). The van der Waals surface area contributed by atoms with Gasteiger partial charge in [0.25, 0.3) is 0 Å². The van der Waals surface area contributed by atoms with Gasteiger partial charge in [-0.2, -0.15) is 0 Å². The fraction of sp³-hybridized carbons (Fsp3) is 0.588. The highest BCUT2D eigenvalue weighted by Gasteiger charge is 2.33. The molecule has 114 valence electrons. The van der Waals surface area contributed by atoms with Gasteiger partial charge in [-0.05, 0) is 61.9 Å². The Morgan fingerprint density at radius 3 is 3.00 bits per heavy atom. The lowest BCUT2D eigenvalue weighted by Gasteiger charge is -2.36. The zero-order chi connectivity index (χ0) is 14.8. The number of carbonyl (C=O) groups is 1. The maximum atomic E-state index is 11.0. The third kappa shape index (κ3) is 3.05. The second-order valence-electron chi connectivity index (χ2n) is 6.16. The number of benzene rings is 1. The molecular weight excluding hydrogens is 266 g/mol. The van der Waals surface area contributed by atoms with Crippen molar-refractivity contribution >= 4 is 5.97 Å². The van der Waals surface area contributed by atoms with E-state index in [-0.39, 0.29) is 12.5 Å². The minimum Gasteiger partial charge on any atom is -0.497 e. The Labute approximate surface area is 125 Å². The van der Waals surface area contributed by atoms with Gasteiger partial charge in [-0.25, -0.2) is 0 Å². The molecule has 1 aromatic carbocycles. The zero-order valence-electron chi connectivity index (χ0n) is 12.5. The van der Waals surface area contributed by atoms with Gasteiger partial charge in [0, 0.05) is 12.1 Å². The number of aliphatic carboxylic acids is 1. The Balaban J connectivity index is 1.74. The van der Waals surface area contributed by atoms with Crippen LogP contribution >= 0.6 is 0 Å². The van der Waals surface area contributed by atoms with Gasteiger partial charge in [0.15, 0.2) is 0 Å². The number of methoxy groups -OCH3 is 1. The highest BCUT2D eigenvalue weighted by molar-refractivity contribution is 5.67. The van der Waals surface area contributed by atoms with Gasteiger partial charge < -0.3 is 9.84 Å². The molecule has 1 fully saturated rings. The summed E-state index contributed by atoms with van der Waals surface area (Å²) in [4.78, 5) is 13.5. The molecule has 1 heterocycles. The SMILES string of the molecule is COc1ccc2c(c1)CC(N1CCCC1CC(=O)O)CC2. The number of fused-ring (bicyclic) bond motifs is 1. The van der Waals surface area contributed by atoms with Gasteiger partial charge >= 0.3 is 5.97 Å². The lowest BCUT2D eigenvalue weighted by atomic mass is 9.87. The van der Waals surface area contributed by atoms with E-state index in [2.05, 4.69) is 17.0 Å². The van der Waals surface area contributed by atoms with E-state index in [1.165, 1.54) is 11.1 Å². The summed E-state index contributed by atoms with van der Waals surface area (Å²) in [5, 5.41) is 9.07. The standard InChI is InChI=1S/C17H23NO3/c1-21-16-7-5-12-4-6-15(9-13(12)10-16)18-8-2-3-14(18)11-17(19)20/h5,7,10,14-15H,2-4,6,8-9,11H2,1H3,(H,19,20). The quantitative estimate of drug-likeness (QED) is 0.925. The molecule has 0 radical (unpaired) electrons. The van der Waals surface area contributed by atoms with Crippen molar-refractivity contribution < 1.29 is 14.6 Å². The molecule has 1 aliphatic heterocycles. The fourth-order valence-electron chi connectivity index (χ4n) is 3.88. The Hall–Kier alpha value is -1.55. The third-order valence-corrected chi connectivity index (χ3v) is 4.92. The van der Waals surface area contributed by atoms with Crippen molar-refractivity contribution in [2.45, 2.75) is 50.6 Å². The van der Waals surface area contributed by atoms with Crippen LogP contribution in [0.15, 0.2) is 18.2 Å². The molecule has 2 unspecified atom stereocenters. The molecule has 4 nitrogen and oxygen atoms in total. The molecule has 2 aliphatic rings. The molecule has 0 aromatic heterocycles. The van der Waals surface area contributed by atoms with Crippen LogP contribution in [0.3, 0.4) is 0 Å². The average Bonchev–Trinajstić information content (AvgIpc) is 2.93. The molecule has 21 heavy (non-hydrogen) atoms. The number of rotatable bonds is 4. The smallest absolute Gasteiger partial charge is 0.304 e. The molecule has 1 N–H and O–H groups in total. The van der Waals surface area contributed by atoms with Crippen molar-refractivity contribution in [2.75, 3.05) is 13.7 Å². The number of nitrogens with zero attached hydrogens (tertiary/aromatic N) is 1. The minimum atomic E-state index is -0.676. The summed E-state index contributed by atoms with van der Waals surface area (Å²) in [7, 11) is 1.70. The van der Waals surface area contributed by atoms with Gasteiger partial charge in [0.1, 0.15) is 5.75 Å². The van der Waals surface area contributed by atoms with Crippen LogP contribution in [-0.4, -0.2) is 41.7 Å². The number of hydrogen-bond donors (Lipinski definition) is 1. The summed E-state index contributed by atoms with van der Waals surface area (Å²) in [6, 6.07) is 7.05. The first-order valence-corrected chi connectivity index (χ1v) is 7.80. The largest absolute Gasteiger partial charge is 0.497 e. The first-order chi connectivity index (χ1) is 10.2. The van der Waals surface area contributed by atoms with Gasteiger partial charge in [-0.15, -0.1) is 0 Å². The predicted molar refractivity (Wildman–Crippen MR) is 80.8 cm³/mol. The van der Waals surface area contributed by atoms with Gasteiger partial charge in [-0.3, -0.25) is 9.69 Å². The summed E-state index contributed by atoms with van der Waals surface area (Å²) < 4.78 is 5.32. The summed E-state index contributed by atoms with van der Waals surface area (Å²) in [5.41, 5.74) is 2.78. The van der Waals surface area contributed by atoms with Crippen molar-refractivity contribution in [3.05, 3.63) is 29.3 Å². The highest BCUT2D eigenvalue weighted by atomic mass is 16.5. The minimum absolute atomic E-state index is 0.222. The van der Waals surface area contributed by atoms with Gasteiger partial charge in [0.2, 0.25) is 0 Å². The molecule has 0 saturated carbocycles. The van der Waals surface area contributed by atoms with Crippen molar-refractivity contribution in [3.8, 4) is 5.75 Å². The molecule has 0 spiro atoms. The normalized spacial score (nSPS) is 25.6. The van der Waals surface area contributed by atoms with Gasteiger partial charge in [-0.1, -0.05) is 6.07 Å². The molecule has 1 saturated heterocycles. The van der Waals surface area contributed by atoms with Crippen LogP contribution < -0.4 is 4.74 Å². The van der Waals surface area contributed by atoms with Crippen LogP contribution in [0.4, 0.5) is 0 Å². The van der Waals surface area contributed by atoms with E-state index in [0.29, 0.717) is 6.04 Å². The number of hydrogen-bond acceptors (Lipinski definition) is 3. The monoisotopic (exact) mass is 289 g/mol. The summed E-state index contributed by atoms with van der Waals surface area (Å²) in [5.74, 6) is 0.239. The Kier molecular flexibility index (Phi) is 4.15. The van der Waals surface area contributed by atoms with Crippen LogP contribution in [0, 0.1) is 0 Å². The maximum absolute atomic E-state index is 11.0. The van der Waals surface area contributed by atoms with E-state index < -0.39 is 5.97 Å². The van der Waals surface area contributed by atoms with E-state index in [4.69, 9.17) is 9.84 Å². The average molecular weight is 289 g/mol. The molecule has 1 aromatic rings. The van der Waals surface area contributed by atoms with Crippen LogP contribution in [0.25, 0.3) is 0 Å². The van der Waals surface area contributed by atoms with Gasteiger partial charge in [0.05, 0.1) is 13.5 Å². The van der Waals surface area contributed by atoms with E-state index in [1.54, 1.807) is 7.11 Å². The highest BCUT2D eigenvalue weighted by Crippen LogP contribution is 2.32. The van der Waals surface area contributed by atoms with Crippen molar-refractivity contribution in [3.63, 3.8) is 0 Å². The molecule has 0 bridgehead atoms. The Morgan fingerprint density at radius 2 is 2.24 bits per heavy atom. The van der Waals surface area contributed by atoms with Crippen molar-refractivity contribution in [1.82, 2.24) is 4.90 Å². The zero-order valence-corrected chi connectivity index (χ0v) is 12.5.